The molecule has 2 atom stereocenters. The highest BCUT2D eigenvalue weighted by Crippen LogP contribution is 2.46. The molecule has 1 aliphatic carbocycles. The second-order valence-electron chi connectivity index (χ2n) is 9.99. The third kappa shape index (κ3) is 4.27. The molecule has 192 valence electrons. The molecule has 3 aromatic rings. The Morgan fingerprint density at radius 1 is 1.14 bits per heavy atom. The number of halogens is 4. The molecule has 2 aliphatic heterocycles. The van der Waals surface area contributed by atoms with E-state index < -0.39 is 12.0 Å². The topological polar surface area (TPSA) is 90.9 Å². The van der Waals surface area contributed by atoms with E-state index in [9.17, 15) is 23.2 Å². The van der Waals surface area contributed by atoms with Gasteiger partial charge in [-0.2, -0.15) is 18.4 Å². The van der Waals surface area contributed by atoms with Gasteiger partial charge in [0, 0.05) is 48.7 Å². The number of anilines is 1. The van der Waals surface area contributed by atoms with Crippen molar-refractivity contribution in [2.75, 3.05) is 24.5 Å². The van der Waals surface area contributed by atoms with Gasteiger partial charge >= 0.3 is 6.18 Å². The van der Waals surface area contributed by atoms with Gasteiger partial charge in [-0.1, -0.05) is 11.6 Å². The minimum Gasteiger partial charge on any atom is -0.370 e. The standard InChI is InChI=1S/C25H23ClF3N7O/c26-16-3-4-20-18(9-16)22(15(10-30)11-31-20)34-6-5-17(19(12-34)14-1-2-14)23(37)35-7-8-36-21(13-35)32-33-24(36)25(27,28)29/h3-4,9,11,14,17,19H,1-2,5-8,12-13H2/t17-,19+/m1/s1. The number of nitrogens with zero attached hydrogens (tertiary/aromatic N) is 7. The van der Waals surface area contributed by atoms with E-state index in [1.165, 1.54) is 0 Å². The molecule has 4 heterocycles. The van der Waals surface area contributed by atoms with Crippen LogP contribution in [0, 0.1) is 29.1 Å². The molecule has 1 saturated carbocycles. The number of benzene rings is 1. The zero-order valence-electron chi connectivity index (χ0n) is 19.7. The number of nitriles is 1. The van der Waals surface area contributed by atoms with Gasteiger partial charge in [0.25, 0.3) is 0 Å². The Labute approximate surface area is 215 Å². The van der Waals surface area contributed by atoms with Crippen molar-refractivity contribution in [1.29, 1.82) is 5.26 Å². The molecule has 0 radical (unpaired) electrons. The predicted molar refractivity (Wildman–Crippen MR) is 128 cm³/mol. The number of hydrogen-bond donors (Lipinski definition) is 0. The molecule has 0 spiro atoms. The second-order valence-corrected chi connectivity index (χ2v) is 10.4. The van der Waals surface area contributed by atoms with E-state index in [0.29, 0.717) is 36.0 Å². The first kappa shape index (κ1) is 24.0. The summed E-state index contributed by atoms with van der Waals surface area (Å²) in [5, 5.41) is 18.2. The van der Waals surface area contributed by atoms with Crippen molar-refractivity contribution < 1.29 is 18.0 Å². The lowest BCUT2D eigenvalue weighted by atomic mass is 9.80. The van der Waals surface area contributed by atoms with Crippen LogP contribution < -0.4 is 4.90 Å². The summed E-state index contributed by atoms with van der Waals surface area (Å²) in [6, 6.07) is 7.67. The van der Waals surface area contributed by atoms with Crippen LogP contribution in [0.1, 0.15) is 36.5 Å². The van der Waals surface area contributed by atoms with Crippen LogP contribution in [0.3, 0.4) is 0 Å². The van der Waals surface area contributed by atoms with Crippen molar-refractivity contribution in [2.24, 2.45) is 17.8 Å². The third-order valence-corrected chi connectivity index (χ3v) is 7.99. The Hall–Kier alpha value is -3.39. The fourth-order valence-corrected chi connectivity index (χ4v) is 6.03. The minimum absolute atomic E-state index is 0.0190. The highest BCUT2D eigenvalue weighted by Gasteiger charge is 2.46. The first-order valence-corrected chi connectivity index (χ1v) is 12.6. The van der Waals surface area contributed by atoms with E-state index in [0.717, 1.165) is 34.0 Å². The lowest BCUT2D eigenvalue weighted by Crippen LogP contribution is -2.50. The fraction of sp³-hybridized carbons (Fsp3) is 0.480. The Kier molecular flexibility index (Phi) is 5.75. The number of piperidine rings is 1. The van der Waals surface area contributed by atoms with Crippen LogP contribution in [-0.2, 0) is 24.1 Å². The smallest absolute Gasteiger partial charge is 0.370 e. The van der Waals surface area contributed by atoms with E-state index >= 15 is 0 Å². The molecular formula is C25H23ClF3N7O. The number of fused-ring (bicyclic) bond motifs is 2. The molecule has 2 aromatic heterocycles. The van der Waals surface area contributed by atoms with Gasteiger partial charge in [-0.05, 0) is 49.3 Å². The largest absolute Gasteiger partial charge is 0.451 e. The average Bonchev–Trinajstić information content (AvgIpc) is 3.64. The van der Waals surface area contributed by atoms with Crippen LogP contribution in [0.5, 0.6) is 0 Å². The van der Waals surface area contributed by atoms with Crippen LogP contribution in [0.15, 0.2) is 24.4 Å². The Balaban J connectivity index is 1.25. The lowest BCUT2D eigenvalue weighted by Gasteiger charge is -2.42. The van der Waals surface area contributed by atoms with Crippen molar-refractivity contribution in [1.82, 2.24) is 24.6 Å². The van der Waals surface area contributed by atoms with Crippen molar-refractivity contribution in [2.45, 2.75) is 38.5 Å². The molecule has 1 amide bonds. The van der Waals surface area contributed by atoms with Crippen molar-refractivity contribution >= 4 is 34.1 Å². The molecule has 6 rings (SSSR count). The van der Waals surface area contributed by atoms with Gasteiger partial charge in [0.2, 0.25) is 11.7 Å². The van der Waals surface area contributed by atoms with Crippen LogP contribution >= 0.6 is 11.6 Å². The van der Waals surface area contributed by atoms with E-state index in [1.807, 2.05) is 12.1 Å². The highest BCUT2D eigenvalue weighted by molar-refractivity contribution is 6.31. The van der Waals surface area contributed by atoms with Gasteiger partial charge in [0.05, 0.1) is 23.3 Å². The van der Waals surface area contributed by atoms with E-state index in [4.69, 9.17) is 11.6 Å². The summed E-state index contributed by atoms with van der Waals surface area (Å²) in [6.45, 7) is 1.42. The molecule has 0 bridgehead atoms. The number of rotatable bonds is 3. The summed E-state index contributed by atoms with van der Waals surface area (Å²) in [6.07, 6.45) is -0.329. The molecule has 2 fully saturated rings. The van der Waals surface area contributed by atoms with Crippen molar-refractivity contribution in [3.63, 3.8) is 0 Å². The quantitative estimate of drug-likeness (QED) is 0.503. The van der Waals surface area contributed by atoms with Crippen LogP contribution in [0.25, 0.3) is 10.9 Å². The van der Waals surface area contributed by atoms with Gasteiger partial charge in [0.15, 0.2) is 5.82 Å². The number of alkyl halides is 3. The molecule has 0 unspecified atom stereocenters. The Morgan fingerprint density at radius 3 is 2.68 bits per heavy atom. The molecule has 37 heavy (non-hydrogen) atoms. The van der Waals surface area contributed by atoms with Crippen LogP contribution in [0.4, 0.5) is 18.9 Å². The number of hydrogen-bond acceptors (Lipinski definition) is 6. The molecule has 1 saturated heterocycles. The number of carbonyl (C=O) groups is 1. The van der Waals surface area contributed by atoms with Crippen molar-refractivity contribution in [3.8, 4) is 6.07 Å². The summed E-state index contributed by atoms with van der Waals surface area (Å²) >= 11 is 6.27. The summed E-state index contributed by atoms with van der Waals surface area (Å²) in [4.78, 5) is 21.9. The zero-order chi connectivity index (χ0) is 25.9. The monoisotopic (exact) mass is 529 g/mol. The molecule has 12 heteroatoms. The number of aromatic nitrogens is 4. The SMILES string of the molecule is N#Cc1cnc2ccc(Cl)cc2c1N1CC[C@@H](C(=O)N2CCn3c(nnc3C(F)(F)F)C2)[C@H](C2CC2)C1. The van der Waals surface area contributed by atoms with Gasteiger partial charge in [-0.3, -0.25) is 9.78 Å². The van der Waals surface area contributed by atoms with Crippen molar-refractivity contribution in [3.05, 3.63) is 46.6 Å². The third-order valence-electron chi connectivity index (χ3n) is 7.76. The van der Waals surface area contributed by atoms with Gasteiger partial charge in [0.1, 0.15) is 6.07 Å². The summed E-state index contributed by atoms with van der Waals surface area (Å²) in [5.41, 5.74) is 2.00. The maximum atomic E-state index is 13.7. The van der Waals surface area contributed by atoms with Gasteiger partial charge in [-0.15, -0.1) is 10.2 Å². The van der Waals surface area contributed by atoms with E-state index in [2.05, 4.69) is 26.2 Å². The number of carbonyl (C=O) groups excluding carboxylic acids is 1. The zero-order valence-corrected chi connectivity index (χ0v) is 20.5. The van der Waals surface area contributed by atoms with Gasteiger partial charge in [-0.25, -0.2) is 0 Å². The molecular weight excluding hydrogens is 507 g/mol. The summed E-state index contributed by atoms with van der Waals surface area (Å²) in [7, 11) is 0. The van der Waals surface area contributed by atoms with Gasteiger partial charge < -0.3 is 14.4 Å². The highest BCUT2D eigenvalue weighted by atomic mass is 35.5. The maximum absolute atomic E-state index is 13.7. The van der Waals surface area contributed by atoms with Crippen LogP contribution in [-0.4, -0.2) is 50.2 Å². The minimum atomic E-state index is -4.58. The Morgan fingerprint density at radius 2 is 1.95 bits per heavy atom. The summed E-state index contributed by atoms with van der Waals surface area (Å²) in [5.74, 6) is -0.641. The molecule has 3 aliphatic rings. The first-order chi connectivity index (χ1) is 17.7. The molecule has 0 N–H and O–H groups in total. The predicted octanol–water partition coefficient (Wildman–Crippen LogP) is 4.27. The molecule has 8 nitrogen and oxygen atoms in total. The number of amides is 1. The van der Waals surface area contributed by atoms with E-state index in [-0.39, 0.29) is 43.2 Å². The maximum Gasteiger partial charge on any atom is 0.451 e. The first-order valence-electron chi connectivity index (χ1n) is 12.3. The molecule has 1 aromatic carbocycles. The lowest BCUT2D eigenvalue weighted by molar-refractivity contribution is -0.148. The normalized spacial score (nSPS) is 22.1. The summed E-state index contributed by atoms with van der Waals surface area (Å²) < 4.78 is 40.7. The van der Waals surface area contributed by atoms with E-state index in [1.54, 1.807) is 17.2 Å². The fourth-order valence-electron chi connectivity index (χ4n) is 5.86. The number of pyridine rings is 1. The average molecular weight is 530 g/mol. The second kappa shape index (κ2) is 8.87. The van der Waals surface area contributed by atoms with Crippen LogP contribution in [0.2, 0.25) is 5.02 Å². The Bertz CT molecular complexity index is 1430.